The summed E-state index contributed by atoms with van der Waals surface area (Å²) in [5, 5.41) is -0.685. The first-order valence-corrected chi connectivity index (χ1v) is 5.16. The summed E-state index contributed by atoms with van der Waals surface area (Å²) in [7, 11) is 0. The van der Waals surface area contributed by atoms with Gasteiger partial charge >= 0.3 is 6.61 Å². The summed E-state index contributed by atoms with van der Waals surface area (Å²) < 4.78 is 27.9. The SMILES string of the molecule is CC(Cl)C(=O)c1ccc(OC(F)F)cc1Cl. The molecule has 6 heteroatoms. The van der Waals surface area contributed by atoms with E-state index in [1.807, 2.05) is 0 Å². The van der Waals surface area contributed by atoms with Gasteiger partial charge < -0.3 is 4.74 Å². The van der Waals surface area contributed by atoms with E-state index in [1.165, 1.54) is 19.1 Å². The second-order valence-electron chi connectivity index (χ2n) is 3.00. The number of ketones is 1. The highest BCUT2D eigenvalue weighted by Gasteiger charge is 2.16. The molecule has 0 aliphatic heterocycles. The molecule has 0 saturated heterocycles. The van der Waals surface area contributed by atoms with Crippen LogP contribution >= 0.6 is 23.2 Å². The molecule has 2 nitrogen and oxygen atoms in total. The number of ether oxygens (including phenoxy) is 1. The van der Waals surface area contributed by atoms with Crippen LogP contribution in [0.1, 0.15) is 17.3 Å². The zero-order chi connectivity index (χ0) is 12.3. The number of hydrogen-bond donors (Lipinski definition) is 0. The first-order valence-electron chi connectivity index (χ1n) is 4.34. The molecule has 0 radical (unpaired) electrons. The average molecular weight is 269 g/mol. The Morgan fingerprint density at radius 2 is 2.06 bits per heavy atom. The Kier molecular flexibility index (Phi) is 4.50. The van der Waals surface area contributed by atoms with Crippen LogP contribution < -0.4 is 4.74 Å². The normalized spacial score (nSPS) is 12.6. The number of Topliss-reactive ketones (excluding diaryl/α,β-unsaturated/α-hetero) is 1. The summed E-state index contributed by atoms with van der Waals surface area (Å²) in [6.07, 6.45) is 0. The Balaban J connectivity index is 2.96. The van der Waals surface area contributed by atoms with Crippen LogP contribution in [-0.2, 0) is 0 Å². The van der Waals surface area contributed by atoms with Crippen molar-refractivity contribution in [1.82, 2.24) is 0 Å². The Morgan fingerprint density at radius 1 is 1.44 bits per heavy atom. The zero-order valence-electron chi connectivity index (χ0n) is 8.22. The highest BCUT2D eigenvalue weighted by Crippen LogP contribution is 2.25. The molecule has 16 heavy (non-hydrogen) atoms. The minimum Gasteiger partial charge on any atom is -0.435 e. The predicted octanol–water partition coefficient (Wildman–Crippen LogP) is 3.75. The molecule has 0 heterocycles. The summed E-state index contributed by atoms with van der Waals surface area (Å²) in [5.74, 6) is -0.464. The Bertz CT molecular complexity index is 394. The van der Waals surface area contributed by atoms with E-state index in [4.69, 9.17) is 23.2 Å². The minimum atomic E-state index is -2.93. The molecule has 88 valence electrons. The molecule has 1 unspecified atom stereocenters. The summed E-state index contributed by atoms with van der Waals surface area (Å²) in [4.78, 5) is 11.5. The van der Waals surface area contributed by atoms with E-state index in [0.29, 0.717) is 0 Å². The van der Waals surface area contributed by atoms with Gasteiger partial charge in [-0.15, -0.1) is 11.6 Å². The van der Waals surface area contributed by atoms with Crippen molar-refractivity contribution < 1.29 is 18.3 Å². The van der Waals surface area contributed by atoms with Crippen molar-refractivity contribution >= 4 is 29.0 Å². The Labute approximate surface area is 101 Å². The second-order valence-corrected chi connectivity index (χ2v) is 4.06. The highest BCUT2D eigenvalue weighted by molar-refractivity contribution is 6.38. The maximum atomic E-state index is 11.9. The van der Waals surface area contributed by atoms with Crippen LogP contribution in [0.4, 0.5) is 8.78 Å². The van der Waals surface area contributed by atoms with Crippen LogP contribution in [0.25, 0.3) is 0 Å². The monoisotopic (exact) mass is 268 g/mol. The summed E-state index contributed by atoms with van der Waals surface area (Å²) in [6, 6.07) is 3.70. The van der Waals surface area contributed by atoms with Gasteiger partial charge in [-0.05, 0) is 25.1 Å². The van der Waals surface area contributed by atoms with Gasteiger partial charge in [0.25, 0.3) is 0 Å². The van der Waals surface area contributed by atoms with Gasteiger partial charge in [-0.1, -0.05) is 11.6 Å². The number of alkyl halides is 3. The number of hydrogen-bond acceptors (Lipinski definition) is 2. The lowest BCUT2D eigenvalue weighted by molar-refractivity contribution is -0.0498. The lowest BCUT2D eigenvalue weighted by atomic mass is 10.1. The first kappa shape index (κ1) is 13.2. The molecule has 0 fully saturated rings. The van der Waals surface area contributed by atoms with E-state index in [-0.39, 0.29) is 22.1 Å². The molecule has 0 N–H and O–H groups in total. The van der Waals surface area contributed by atoms with Crippen LogP contribution in [0.15, 0.2) is 18.2 Å². The van der Waals surface area contributed by atoms with E-state index < -0.39 is 12.0 Å². The maximum Gasteiger partial charge on any atom is 0.387 e. The second kappa shape index (κ2) is 5.46. The number of rotatable bonds is 4. The van der Waals surface area contributed by atoms with E-state index in [1.54, 1.807) is 0 Å². The van der Waals surface area contributed by atoms with Crippen LogP contribution in [0.5, 0.6) is 5.75 Å². The van der Waals surface area contributed by atoms with Crippen LogP contribution in [-0.4, -0.2) is 17.8 Å². The van der Waals surface area contributed by atoms with Crippen molar-refractivity contribution in [1.29, 1.82) is 0 Å². The number of benzene rings is 1. The van der Waals surface area contributed by atoms with E-state index in [0.717, 1.165) is 6.07 Å². The largest absolute Gasteiger partial charge is 0.435 e. The third-order valence-electron chi connectivity index (χ3n) is 1.79. The molecule has 0 bridgehead atoms. The highest BCUT2D eigenvalue weighted by atomic mass is 35.5. The summed E-state index contributed by atoms with van der Waals surface area (Å²) in [6.45, 7) is -1.42. The molecular formula is C10H8Cl2F2O2. The maximum absolute atomic E-state index is 11.9. The van der Waals surface area contributed by atoms with Crippen molar-refractivity contribution in [3.63, 3.8) is 0 Å². The van der Waals surface area contributed by atoms with Crippen molar-refractivity contribution in [2.45, 2.75) is 18.9 Å². The fourth-order valence-electron chi connectivity index (χ4n) is 1.09. The van der Waals surface area contributed by atoms with Gasteiger partial charge in [0.2, 0.25) is 0 Å². The van der Waals surface area contributed by atoms with Crippen molar-refractivity contribution in [2.24, 2.45) is 0 Å². The van der Waals surface area contributed by atoms with Crippen LogP contribution in [0.2, 0.25) is 5.02 Å². The van der Waals surface area contributed by atoms with Gasteiger partial charge in [0.1, 0.15) is 5.75 Å². The molecule has 0 aliphatic rings. The Hall–Kier alpha value is -0.870. The summed E-state index contributed by atoms with van der Waals surface area (Å²) in [5.41, 5.74) is 0.186. The number of carbonyl (C=O) groups excluding carboxylic acids is 1. The minimum absolute atomic E-state index is 0.0376. The van der Waals surface area contributed by atoms with Crippen molar-refractivity contribution in [3.8, 4) is 5.75 Å². The molecular weight excluding hydrogens is 261 g/mol. The van der Waals surface area contributed by atoms with Crippen molar-refractivity contribution in [3.05, 3.63) is 28.8 Å². The zero-order valence-corrected chi connectivity index (χ0v) is 9.73. The average Bonchev–Trinajstić information content (AvgIpc) is 2.15. The fraction of sp³-hybridized carbons (Fsp3) is 0.300. The third-order valence-corrected chi connectivity index (χ3v) is 2.30. The molecule has 1 atom stereocenters. The van der Waals surface area contributed by atoms with Gasteiger partial charge in [-0.25, -0.2) is 0 Å². The molecule has 0 aromatic heterocycles. The smallest absolute Gasteiger partial charge is 0.387 e. The number of carbonyl (C=O) groups is 1. The molecule has 0 saturated carbocycles. The van der Waals surface area contributed by atoms with Gasteiger partial charge in [0.15, 0.2) is 5.78 Å². The van der Waals surface area contributed by atoms with E-state index in [9.17, 15) is 13.6 Å². The molecule has 0 amide bonds. The standard InChI is InChI=1S/C10H8Cl2F2O2/c1-5(11)9(15)7-3-2-6(4-8(7)12)16-10(13)14/h2-5,10H,1H3. The molecule has 1 aromatic rings. The topological polar surface area (TPSA) is 26.3 Å². The molecule has 1 aromatic carbocycles. The van der Waals surface area contributed by atoms with E-state index >= 15 is 0 Å². The van der Waals surface area contributed by atoms with Gasteiger partial charge in [-0.2, -0.15) is 8.78 Å². The Morgan fingerprint density at radius 3 is 2.50 bits per heavy atom. The van der Waals surface area contributed by atoms with Crippen LogP contribution in [0.3, 0.4) is 0 Å². The van der Waals surface area contributed by atoms with E-state index in [2.05, 4.69) is 4.74 Å². The fourth-order valence-corrected chi connectivity index (χ4v) is 1.47. The summed E-state index contributed by atoms with van der Waals surface area (Å²) >= 11 is 11.3. The quantitative estimate of drug-likeness (QED) is 0.614. The third kappa shape index (κ3) is 3.32. The number of halogens is 4. The molecule has 0 aliphatic carbocycles. The lowest BCUT2D eigenvalue weighted by Crippen LogP contribution is -2.11. The molecule has 0 spiro atoms. The van der Waals surface area contributed by atoms with Gasteiger partial charge in [0, 0.05) is 5.56 Å². The molecule has 1 rings (SSSR count). The van der Waals surface area contributed by atoms with Gasteiger partial charge in [-0.3, -0.25) is 4.79 Å². The predicted molar refractivity (Wildman–Crippen MR) is 57.7 cm³/mol. The first-order chi connectivity index (χ1) is 7.41. The van der Waals surface area contributed by atoms with Crippen molar-refractivity contribution in [2.75, 3.05) is 0 Å². The van der Waals surface area contributed by atoms with Crippen LogP contribution in [0, 0.1) is 0 Å². The lowest BCUT2D eigenvalue weighted by Gasteiger charge is -2.08. The van der Waals surface area contributed by atoms with Gasteiger partial charge in [0.05, 0.1) is 10.4 Å².